The molecule has 3 amide bonds. The van der Waals surface area contributed by atoms with Gasteiger partial charge in [-0.15, -0.1) is 0 Å². The Labute approximate surface area is 193 Å². The molecular weight excluding hydrogens is 444 g/mol. The number of aromatic amines is 1. The molecule has 4 rings (SSSR count). The molecule has 1 atom stereocenters. The van der Waals surface area contributed by atoms with Gasteiger partial charge in [-0.05, 0) is 48.5 Å². The highest BCUT2D eigenvalue weighted by Gasteiger charge is 2.26. The highest BCUT2D eigenvalue weighted by atomic mass is 35.5. The maximum absolute atomic E-state index is 13.3. The molecule has 0 unspecified atom stereocenters. The maximum atomic E-state index is 13.3. The summed E-state index contributed by atoms with van der Waals surface area (Å²) in [6, 6.07) is 18.8. The van der Waals surface area contributed by atoms with E-state index in [1.165, 1.54) is 29.7 Å². The Morgan fingerprint density at radius 3 is 2.27 bits per heavy atom. The second kappa shape index (κ2) is 9.56. The number of aromatic nitrogens is 1. The molecule has 33 heavy (non-hydrogen) atoms. The van der Waals surface area contributed by atoms with Crippen molar-refractivity contribution in [2.45, 2.75) is 6.04 Å². The van der Waals surface area contributed by atoms with E-state index in [9.17, 15) is 14.4 Å². The van der Waals surface area contributed by atoms with Gasteiger partial charge in [0.1, 0.15) is 6.04 Å². The van der Waals surface area contributed by atoms with Crippen molar-refractivity contribution in [3.8, 4) is 0 Å². The standard InChI is InChI=1S/C24H19ClN4O4/c25-16-4-3-5-17(12-16)27-24(32)21(19-13-26-20-7-2-1-6-18(19)20)28-22(30)14-8-10-15(11-9-14)23(31)29-33/h1-13,21,26,33H,(H,27,32)(H,28,30)(H,29,31)/t21-/m0/s1. The van der Waals surface area contributed by atoms with Gasteiger partial charge in [0, 0.05) is 44.5 Å². The number of anilines is 1. The number of nitrogens with one attached hydrogen (secondary N) is 4. The van der Waals surface area contributed by atoms with Crippen molar-refractivity contribution in [1.29, 1.82) is 0 Å². The highest BCUT2D eigenvalue weighted by molar-refractivity contribution is 6.30. The molecule has 0 spiro atoms. The number of rotatable bonds is 6. The van der Waals surface area contributed by atoms with E-state index >= 15 is 0 Å². The van der Waals surface area contributed by atoms with Crippen LogP contribution in [0.2, 0.25) is 5.02 Å². The summed E-state index contributed by atoms with van der Waals surface area (Å²) in [6.45, 7) is 0. The van der Waals surface area contributed by atoms with E-state index in [1.807, 2.05) is 24.3 Å². The third-order valence-corrected chi connectivity index (χ3v) is 5.31. The molecule has 0 saturated heterocycles. The number of hydrogen-bond donors (Lipinski definition) is 5. The Bertz CT molecular complexity index is 1330. The van der Waals surface area contributed by atoms with Crippen LogP contribution in [-0.2, 0) is 4.79 Å². The lowest BCUT2D eigenvalue weighted by molar-refractivity contribution is -0.118. The Morgan fingerprint density at radius 2 is 1.58 bits per heavy atom. The van der Waals surface area contributed by atoms with Crippen LogP contribution >= 0.6 is 11.6 Å². The van der Waals surface area contributed by atoms with Crippen molar-refractivity contribution in [3.63, 3.8) is 0 Å². The quantitative estimate of drug-likeness (QED) is 0.219. The zero-order valence-corrected chi connectivity index (χ0v) is 17.9. The smallest absolute Gasteiger partial charge is 0.274 e. The van der Waals surface area contributed by atoms with Crippen molar-refractivity contribution in [2.75, 3.05) is 5.32 Å². The molecule has 0 aliphatic heterocycles. The molecule has 1 heterocycles. The van der Waals surface area contributed by atoms with Gasteiger partial charge < -0.3 is 15.6 Å². The predicted octanol–water partition coefficient (Wildman–Crippen LogP) is 4.05. The fourth-order valence-electron chi connectivity index (χ4n) is 3.45. The Hall–Kier alpha value is -4.14. The average Bonchev–Trinajstić information content (AvgIpc) is 3.26. The average molecular weight is 463 g/mol. The molecule has 0 saturated carbocycles. The molecule has 4 aromatic rings. The number of carbonyl (C=O) groups is 3. The number of halogens is 1. The van der Waals surface area contributed by atoms with Gasteiger partial charge in [0.25, 0.3) is 17.7 Å². The van der Waals surface area contributed by atoms with Crippen LogP contribution < -0.4 is 16.1 Å². The molecule has 5 N–H and O–H groups in total. The van der Waals surface area contributed by atoms with Crippen molar-refractivity contribution in [2.24, 2.45) is 0 Å². The predicted molar refractivity (Wildman–Crippen MR) is 124 cm³/mol. The monoisotopic (exact) mass is 462 g/mol. The fourth-order valence-corrected chi connectivity index (χ4v) is 3.64. The van der Waals surface area contributed by atoms with Crippen LogP contribution in [0.5, 0.6) is 0 Å². The Balaban J connectivity index is 1.64. The third kappa shape index (κ3) is 4.87. The fraction of sp³-hybridized carbons (Fsp3) is 0.0417. The van der Waals surface area contributed by atoms with Gasteiger partial charge in [-0.1, -0.05) is 35.9 Å². The van der Waals surface area contributed by atoms with Gasteiger partial charge >= 0.3 is 0 Å². The van der Waals surface area contributed by atoms with Crippen LogP contribution in [0.25, 0.3) is 10.9 Å². The lowest BCUT2D eigenvalue weighted by Gasteiger charge is -2.19. The second-order valence-electron chi connectivity index (χ2n) is 7.21. The summed E-state index contributed by atoms with van der Waals surface area (Å²) in [5.41, 5.74) is 3.86. The van der Waals surface area contributed by atoms with E-state index in [-0.39, 0.29) is 11.1 Å². The summed E-state index contributed by atoms with van der Waals surface area (Å²) >= 11 is 6.03. The number of H-pyrrole nitrogens is 1. The zero-order chi connectivity index (χ0) is 23.4. The summed E-state index contributed by atoms with van der Waals surface area (Å²) < 4.78 is 0. The Morgan fingerprint density at radius 1 is 0.879 bits per heavy atom. The van der Waals surface area contributed by atoms with Crippen molar-refractivity contribution in [3.05, 3.63) is 101 Å². The van der Waals surface area contributed by atoms with Gasteiger partial charge in [-0.25, -0.2) is 5.48 Å². The van der Waals surface area contributed by atoms with Crippen LogP contribution in [0.15, 0.2) is 79.0 Å². The first-order valence-corrected chi connectivity index (χ1v) is 10.3. The first-order valence-electron chi connectivity index (χ1n) is 9.94. The number of benzene rings is 3. The van der Waals surface area contributed by atoms with Gasteiger partial charge in [-0.2, -0.15) is 0 Å². The maximum Gasteiger partial charge on any atom is 0.274 e. The van der Waals surface area contributed by atoms with E-state index < -0.39 is 23.8 Å². The topological polar surface area (TPSA) is 123 Å². The van der Waals surface area contributed by atoms with Crippen LogP contribution in [0.1, 0.15) is 32.3 Å². The van der Waals surface area contributed by atoms with E-state index in [4.69, 9.17) is 16.8 Å². The molecule has 166 valence electrons. The molecule has 1 aromatic heterocycles. The van der Waals surface area contributed by atoms with Gasteiger partial charge in [0.2, 0.25) is 0 Å². The first-order chi connectivity index (χ1) is 16.0. The molecular formula is C24H19ClN4O4. The summed E-state index contributed by atoms with van der Waals surface area (Å²) in [6.07, 6.45) is 1.68. The van der Waals surface area contributed by atoms with E-state index in [1.54, 1.807) is 30.5 Å². The largest absolute Gasteiger partial charge is 0.361 e. The summed E-state index contributed by atoms with van der Waals surface area (Å²) in [4.78, 5) is 40.9. The van der Waals surface area contributed by atoms with E-state index in [2.05, 4.69) is 15.6 Å². The van der Waals surface area contributed by atoms with Gasteiger partial charge in [-0.3, -0.25) is 19.6 Å². The number of hydroxylamine groups is 1. The van der Waals surface area contributed by atoms with Crippen LogP contribution in [0.4, 0.5) is 5.69 Å². The number of para-hydroxylation sites is 1. The number of hydrogen-bond acceptors (Lipinski definition) is 4. The third-order valence-electron chi connectivity index (χ3n) is 5.07. The molecule has 0 radical (unpaired) electrons. The van der Waals surface area contributed by atoms with Crippen molar-refractivity contribution >= 4 is 45.9 Å². The Kier molecular flexibility index (Phi) is 6.39. The van der Waals surface area contributed by atoms with E-state index in [0.29, 0.717) is 16.3 Å². The van der Waals surface area contributed by atoms with Crippen molar-refractivity contribution in [1.82, 2.24) is 15.8 Å². The molecule has 9 heteroatoms. The SMILES string of the molecule is O=C(NO)c1ccc(C(=O)N[C@H](C(=O)Nc2cccc(Cl)c2)c2c[nH]c3ccccc23)cc1. The molecule has 8 nitrogen and oxygen atoms in total. The summed E-state index contributed by atoms with van der Waals surface area (Å²) in [7, 11) is 0. The van der Waals surface area contributed by atoms with Gasteiger partial charge in [0.05, 0.1) is 0 Å². The lowest BCUT2D eigenvalue weighted by atomic mass is 10.0. The first kappa shape index (κ1) is 22.1. The number of fused-ring (bicyclic) bond motifs is 1. The van der Waals surface area contributed by atoms with Crippen LogP contribution in [0.3, 0.4) is 0 Å². The number of amides is 3. The van der Waals surface area contributed by atoms with Gasteiger partial charge in [0.15, 0.2) is 0 Å². The second-order valence-corrected chi connectivity index (χ2v) is 7.65. The van der Waals surface area contributed by atoms with Crippen molar-refractivity contribution < 1.29 is 19.6 Å². The molecule has 0 aliphatic carbocycles. The van der Waals surface area contributed by atoms with Crippen LogP contribution in [0, 0.1) is 0 Å². The minimum absolute atomic E-state index is 0.181. The number of carbonyl (C=O) groups excluding carboxylic acids is 3. The highest BCUT2D eigenvalue weighted by Crippen LogP contribution is 2.26. The minimum Gasteiger partial charge on any atom is -0.361 e. The normalized spacial score (nSPS) is 11.6. The summed E-state index contributed by atoms with van der Waals surface area (Å²) in [5.74, 6) is -1.66. The minimum atomic E-state index is -1.02. The molecule has 0 fully saturated rings. The van der Waals surface area contributed by atoms with Crippen LogP contribution in [-0.4, -0.2) is 27.9 Å². The lowest BCUT2D eigenvalue weighted by Crippen LogP contribution is -2.37. The molecule has 0 bridgehead atoms. The molecule has 3 aromatic carbocycles. The zero-order valence-electron chi connectivity index (χ0n) is 17.1. The van der Waals surface area contributed by atoms with E-state index in [0.717, 1.165) is 10.9 Å². The molecule has 0 aliphatic rings. The summed E-state index contributed by atoms with van der Waals surface area (Å²) in [5, 5.41) is 15.6.